The van der Waals surface area contributed by atoms with Crippen molar-refractivity contribution in [3.63, 3.8) is 0 Å². The molecule has 0 radical (unpaired) electrons. The maximum atomic E-state index is 12.2. The van der Waals surface area contributed by atoms with E-state index in [1.165, 1.54) is 11.8 Å². The van der Waals surface area contributed by atoms with Crippen LogP contribution in [0, 0.1) is 0 Å². The molecule has 2 rings (SSSR count). The van der Waals surface area contributed by atoms with Crippen molar-refractivity contribution in [3.05, 3.63) is 24.3 Å². The molecule has 1 aromatic rings. The van der Waals surface area contributed by atoms with Gasteiger partial charge in [-0.2, -0.15) is 0 Å². The van der Waals surface area contributed by atoms with Crippen LogP contribution in [0.2, 0.25) is 0 Å². The van der Waals surface area contributed by atoms with Crippen molar-refractivity contribution in [2.24, 2.45) is 4.99 Å². The predicted molar refractivity (Wildman–Crippen MR) is 93.0 cm³/mol. The second-order valence-electron chi connectivity index (χ2n) is 5.24. The lowest BCUT2D eigenvalue weighted by molar-refractivity contribution is -0.122. The van der Waals surface area contributed by atoms with Crippen LogP contribution in [0.15, 0.2) is 29.3 Å². The molecule has 0 aliphatic carbocycles. The van der Waals surface area contributed by atoms with Gasteiger partial charge in [0.1, 0.15) is 11.0 Å². The molecule has 0 spiro atoms. The fourth-order valence-electron chi connectivity index (χ4n) is 2.01. The monoisotopic (exact) mass is 335 g/mol. The van der Waals surface area contributed by atoms with Crippen LogP contribution in [0.1, 0.15) is 26.7 Å². The number of aliphatic imine (C=N–C) groups is 1. The largest absolute Gasteiger partial charge is 0.495 e. The van der Waals surface area contributed by atoms with Gasteiger partial charge in [0.05, 0.1) is 12.8 Å². The van der Waals surface area contributed by atoms with Crippen LogP contribution in [0.3, 0.4) is 0 Å². The number of nitrogens with zero attached hydrogens (tertiary/aromatic N) is 1. The van der Waals surface area contributed by atoms with Gasteiger partial charge in [-0.3, -0.25) is 14.6 Å². The highest BCUT2D eigenvalue weighted by atomic mass is 32.2. The van der Waals surface area contributed by atoms with Gasteiger partial charge in [0.25, 0.3) is 0 Å². The van der Waals surface area contributed by atoms with E-state index in [0.717, 1.165) is 6.42 Å². The van der Waals surface area contributed by atoms with E-state index in [0.29, 0.717) is 16.6 Å². The standard InChI is InChI=1S/C16H21N3O3S/c1-4-10(2)17-16-19-15(21)13(23-16)9-14(20)18-11-7-5-6-8-12(11)22-3/h5-8,10,13H,4,9H2,1-3H3,(H,18,20)(H,17,19,21). The Morgan fingerprint density at radius 3 is 2.91 bits per heavy atom. The van der Waals surface area contributed by atoms with Crippen molar-refractivity contribution < 1.29 is 14.3 Å². The van der Waals surface area contributed by atoms with Gasteiger partial charge in [-0.1, -0.05) is 30.8 Å². The van der Waals surface area contributed by atoms with E-state index in [1.807, 2.05) is 26.0 Å². The molecule has 1 aromatic carbocycles. The summed E-state index contributed by atoms with van der Waals surface area (Å²) in [5, 5.41) is 5.65. The number of hydrogen-bond donors (Lipinski definition) is 2. The number of benzene rings is 1. The summed E-state index contributed by atoms with van der Waals surface area (Å²) in [6.07, 6.45) is 0.993. The maximum absolute atomic E-state index is 12.2. The van der Waals surface area contributed by atoms with E-state index in [4.69, 9.17) is 4.74 Å². The van der Waals surface area contributed by atoms with E-state index in [-0.39, 0.29) is 24.3 Å². The molecule has 0 saturated carbocycles. The minimum atomic E-state index is -0.451. The third-order valence-corrected chi connectivity index (χ3v) is 4.55. The molecule has 23 heavy (non-hydrogen) atoms. The number of methoxy groups -OCH3 is 1. The zero-order chi connectivity index (χ0) is 16.8. The number of amides is 2. The molecule has 0 aromatic heterocycles. The molecule has 2 amide bonds. The number of rotatable bonds is 6. The summed E-state index contributed by atoms with van der Waals surface area (Å²) in [7, 11) is 1.54. The zero-order valence-corrected chi connectivity index (χ0v) is 14.3. The van der Waals surface area contributed by atoms with Gasteiger partial charge in [-0.15, -0.1) is 0 Å². The number of ether oxygens (including phenoxy) is 1. The summed E-state index contributed by atoms with van der Waals surface area (Å²) in [5.74, 6) is 0.183. The fraction of sp³-hybridized carbons (Fsp3) is 0.438. The van der Waals surface area contributed by atoms with Gasteiger partial charge in [0.15, 0.2) is 5.17 Å². The molecule has 2 unspecified atom stereocenters. The van der Waals surface area contributed by atoms with Crippen LogP contribution in [0.4, 0.5) is 5.69 Å². The number of thioether (sulfide) groups is 1. The zero-order valence-electron chi connectivity index (χ0n) is 13.5. The van der Waals surface area contributed by atoms with Crippen LogP contribution in [-0.4, -0.2) is 35.4 Å². The number of carbonyl (C=O) groups excluding carboxylic acids is 2. The Labute approximate surface area is 140 Å². The number of carbonyl (C=O) groups is 2. The van der Waals surface area contributed by atoms with Crippen molar-refractivity contribution in [2.45, 2.75) is 38.0 Å². The highest BCUT2D eigenvalue weighted by Gasteiger charge is 2.32. The molecule has 6 nitrogen and oxygen atoms in total. The second kappa shape index (κ2) is 8.01. The Bertz CT molecular complexity index is 618. The fourth-order valence-corrected chi connectivity index (χ4v) is 3.08. The first-order valence-electron chi connectivity index (χ1n) is 7.51. The third kappa shape index (κ3) is 4.72. The van der Waals surface area contributed by atoms with Crippen LogP contribution < -0.4 is 15.4 Å². The van der Waals surface area contributed by atoms with Crippen LogP contribution in [0.5, 0.6) is 5.75 Å². The van der Waals surface area contributed by atoms with Crippen molar-refractivity contribution in [1.29, 1.82) is 0 Å². The van der Waals surface area contributed by atoms with Crippen molar-refractivity contribution in [3.8, 4) is 5.75 Å². The lowest BCUT2D eigenvalue weighted by Crippen LogP contribution is -2.28. The van der Waals surface area contributed by atoms with Gasteiger partial charge >= 0.3 is 0 Å². The third-order valence-electron chi connectivity index (χ3n) is 3.46. The van der Waals surface area contributed by atoms with E-state index in [2.05, 4.69) is 15.6 Å². The van der Waals surface area contributed by atoms with Crippen LogP contribution in [0.25, 0.3) is 0 Å². The van der Waals surface area contributed by atoms with E-state index in [1.54, 1.807) is 19.2 Å². The van der Waals surface area contributed by atoms with Crippen LogP contribution >= 0.6 is 11.8 Å². The molecular weight excluding hydrogens is 314 g/mol. The van der Waals surface area contributed by atoms with E-state index >= 15 is 0 Å². The highest BCUT2D eigenvalue weighted by Crippen LogP contribution is 2.26. The molecule has 0 bridgehead atoms. The molecule has 2 N–H and O–H groups in total. The molecule has 1 fully saturated rings. The molecule has 1 aliphatic rings. The maximum Gasteiger partial charge on any atom is 0.240 e. The quantitative estimate of drug-likeness (QED) is 0.837. The first-order chi connectivity index (χ1) is 11.0. The molecule has 1 aliphatic heterocycles. The number of amidine groups is 1. The van der Waals surface area contributed by atoms with Crippen LogP contribution in [-0.2, 0) is 9.59 Å². The van der Waals surface area contributed by atoms with Crippen molar-refractivity contribution in [1.82, 2.24) is 5.32 Å². The minimum Gasteiger partial charge on any atom is -0.495 e. The summed E-state index contributed by atoms with van der Waals surface area (Å²) in [5.41, 5.74) is 0.594. The summed E-state index contributed by atoms with van der Waals surface area (Å²) < 4.78 is 5.19. The van der Waals surface area contributed by atoms with Gasteiger partial charge in [-0.05, 0) is 25.5 Å². The van der Waals surface area contributed by atoms with E-state index < -0.39 is 5.25 Å². The molecule has 2 atom stereocenters. The van der Waals surface area contributed by atoms with Gasteiger partial charge in [0.2, 0.25) is 11.8 Å². The number of hydrogen-bond acceptors (Lipinski definition) is 5. The normalized spacial score (nSPS) is 20.2. The Morgan fingerprint density at radius 1 is 1.48 bits per heavy atom. The first kappa shape index (κ1) is 17.3. The van der Waals surface area contributed by atoms with Gasteiger partial charge < -0.3 is 15.4 Å². The van der Waals surface area contributed by atoms with Gasteiger partial charge in [0, 0.05) is 12.5 Å². The van der Waals surface area contributed by atoms with Gasteiger partial charge in [-0.25, -0.2) is 0 Å². The Hall–Kier alpha value is -2.02. The Kier molecular flexibility index (Phi) is 6.04. The second-order valence-corrected chi connectivity index (χ2v) is 6.43. The molecule has 1 saturated heterocycles. The summed E-state index contributed by atoms with van der Waals surface area (Å²) in [6.45, 7) is 4.02. The Morgan fingerprint density at radius 2 is 2.22 bits per heavy atom. The average molecular weight is 335 g/mol. The topological polar surface area (TPSA) is 79.8 Å². The SMILES string of the molecule is CCC(C)N=C1NC(=O)C(CC(=O)Nc2ccccc2OC)S1. The summed E-state index contributed by atoms with van der Waals surface area (Å²) in [6, 6.07) is 7.31. The summed E-state index contributed by atoms with van der Waals surface area (Å²) in [4.78, 5) is 28.5. The first-order valence-corrected chi connectivity index (χ1v) is 8.39. The number of anilines is 1. The van der Waals surface area contributed by atoms with E-state index in [9.17, 15) is 9.59 Å². The summed E-state index contributed by atoms with van der Waals surface area (Å²) >= 11 is 1.31. The minimum absolute atomic E-state index is 0.0913. The highest BCUT2D eigenvalue weighted by molar-refractivity contribution is 8.15. The molecule has 7 heteroatoms. The van der Waals surface area contributed by atoms with Crippen molar-refractivity contribution in [2.75, 3.05) is 12.4 Å². The average Bonchev–Trinajstić information content (AvgIpc) is 2.86. The predicted octanol–water partition coefficient (Wildman–Crippen LogP) is 2.41. The molecule has 124 valence electrons. The molecule has 1 heterocycles. The lowest BCUT2D eigenvalue weighted by atomic mass is 10.2. The number of nitrogens with one attached hydrogen (secondary N) is 2. The van der Waals surface area contributed by atoms with Crippen molar-refractivity contribution >= 4 is 34.4 Å². The smallest absolute Gasteiger partial charge is 0.240 e. The Balaban J connectivity index is 1.95. The molecular formula is C16H21N3O3S. The number of para-hydroxylation sites is 2. The lowest BCUT2D eigenvalue weighted by Gasteiger charge is -2.10.